The second-order valence-electron chi connectivity index (χ2n) is 4.93. The van der Waals surface area contributed by atoms with E-state index in [1.807, 2.05) is 0 Å². The van der Waals surface area contributed by atoms with Crippen molar-refractivity contribution in [3.63, 3.8) is 0 Å². The first-order valence-electron chi connectivity index (χ1n) is 6.84. The maximum Gasteiger partial charge on any atom is 0.278 e. The van der Waals surface area contributed by atoms with Gasteiger partial charge in [-0.3, -0.25) is 9.48 Å². The number of likely N-dealkylation sites (tertiary alicyclic amines) is 1. The standard InChI is InChI=1S/C13H16N6O3/c1-18-8-10(16-17-18)13(20)19-6-3-9(7-19)22-12-11(21-2)14-4-5-15-12/h4-5,8-9H,3,6-7H2,1-2H3. The van der Waals surface area contributed by atoms with Crippen LogP contribution in [0.25, 0.3) is 0 Å². The van der Waals surface area contributed by atoms with Gasteiger partial charge in [0.05, 0.1) is 19.9 Å². The summed E-state index contributed by atoms with van der Waals surface area (Å²) in [4.78, 5) is 22.1. The molecule has 2 aromatic heterocycles. The normalized spacial score (nSPS) is 17.5. The molecule has 0 aliphatic carbocycles. The molecular formula is C13H16N6O3. The molecule has 1 unspecified atom stereocenters. The smallest absolute Gasteiger partial charge is 0.278 e. The summed E-state index contributed by atoms with van der Waals surface area (Å²) >= 11 is 0. The first-order chi connectivity index (χ1) is 10.7. The Hall–Kier alpha value is -2.71. The molecular weight excluding hydrogens is 288 g/mol. The number of nitrogens with zero attached hydrogens (tertiary/aromatic N) is 6. The van der Waals surface area contributed by atoms with E-state index in [0.717, 1.165) is 0 Å². The molecule has 0 saturated carbocycles. The first kappa shape index (κ1) is 14.2. The molecule has 3 heterocycles. The molecule has 9 heteroatoms. The third-order valence-electron chi connectivity index (χ3n) is 3.36. The molecule has 1 aliphatic heterocycles. The average molecular weight is 304 g/mol. The average Bonchev–Trinajstić information content (AvgIpc) is 3.16. The number of carbonyl (C=O) groups is 1. The van der Waals surface area contributed by atoms with Gasteiger partial charge in [0.25, 0.3) is 17.7 Å². The molecule has 1 amide bonds. The zero-order valence-electron chi connectivity index (χ0n) is 12.3. The highest BCUT2D eigenvalue weighted by Crippen LogP contribution is 2.24. The van der Waals surface area contributed by atoms with Crippen molar-refractivity contribution in [3.05, 3.63) is 24.3 Å². The number of methoxy groups -OCH3 is 1. The molecule has 2 aromatic rings. The van der Waals surface area contributed by atoms with Crippen molar-refractivity contribution in [3.8, 4) is 11.8 Å². The molecule has 1 aliphatic rings. The summed E-state index contributed by atoms with van der Waals surface area (Å²) in [5, 5.41) is 7.61. The van der Waals surface area contributed by atoms with E-state index in [-0.39, 0.29) is 12.0 Å². The molecule has 9 nitrogen and oxygen atoms in total. The third kappa shape index (κ3) is 2.83. The van der Waals surface area contributed by atoms with Crippen LogP contribution in [-0.2, 0) is 7.05 Å². The number of amides is 1. The van der Waals surface area contributed by atoms with Gasteiger partial charge in [0.2, 0.25) is 0 Å². The van der Waals surface area contributed by atoms with Gasteiger partial charge < -0.3 is 14.4 Å². The SMILES string of the molecule is COc1nccnc1OC1CCN(C(=O)c2cn(C)nn2)C1. The van der Waals surface area contributed by atoms with Gasteiger partial charge in [-0.25, -0.2) is 9.97 Å². The summed E-state index contributed by atoms with van der Waals surface area (Å²) < 4.78 is 12.4. The fourth-order valence-electron chi connectivity index (χ4n) is 2.31. The van der Waals surface area contributed by atoms with E-state index < -0.39 is 0 Å². The Morgan fingerprint density at radius 2 is 2.09 bits per heavy atom. The summed E-state index contributed by atoms with van der Waals surface area (Å²) in [7, 11) is 3.23. The molecule has 0 bridgehead atoms. The molecule has 3 rings (SSSR count). The minimum atomic E-state index is -0.148. The van der Waals surface area contributed by atoms with Gasteiger partial charge >= 0.3 is 0 Å². The topological polar surface area (TPSA) is 95.3 Å². The first-order valence-corrected chi connectivity index (χ1v) is 6.84. The van der Waals surface area contributed by atoms with Crippen LogP contribution in [0.1, 0.15) is 16.9 Å². The van der Waals surface area contributed by atoms with E-state index in [9.17, 15) is 4.79 Å². The largest absolute Gasteiger partial charge is 0.477 e. The van der Waals surface area contributed by atoms with E-state index >= 15 is 0 Å². The van der Waals surface area contributed by atoms with Crippen molar-refractivity contribution in [1.29, 1.82) is 0 Å². The number of carbonyl (C=O) groups excluding carboxylic acids is 1. The summed E-state index contributed by atoms with van der Waals surface area (Å²) in [5.41, 5.74) is 0.334. The van der Waals surface area contributed by atoms with E-state index in [1.165, 1.54) is 24.2 Å². The summed E-state index contributed by atoms with van der Waals surface area (Å²) in [6.07, 6.45) is 5.24. The Kier molecular flexibility index (Phi) is 3.86. The monoisotopic (exact) mass is 304 g/mol. The molecule has 0 radical (unpaired) electrons. The van der Waals surface area contributed by atoms with Crippen LogP contribution in [0.5, 0.6) is 11.8 Å². The predicted octanol–water partition coefficient (Wildman–Crippen LogP) is -0.0928. The van der Waals surface area contributed by atoms with E-state index in [1.54, 1.807) is 18.1 Å². The van der Waals surface area contributed by atoms with Crippen LogP contribution < -0.4 is 9.47 Å². The highest BCUT2D eigenvalue weighted by atomic mass is 16.5. The molecule has 22 heavy (non-hydrogen) atoms. The fourth-order valence-corrected chi connectivity index (χ4v) is 2.31. The van der Waals surface area contributed by atoms with Gasteiger partial charge in [0.15, 0.2) is 5.69 Å². The predicted molar refractivity (Wildman–Crippen MR) is 74.5 cm³/mol. The Morgan fingerprint density at radius 1 is 1.32 bits per heavy atom. The van der Waals surface area contributed by atoms with Crippen LogP contribution in [0, 0.1) is 0 Å². The van der Waals surface area contributed by atoms with E-state index in [4.69, 9.17) is 9.47 Å². The second-order valence-corrected chi connectivity index (χ2v) is 4.93. The maximum atomic E-state index is 12.3. The number of hydrogen-bond donors (Lipinski definition) is 0. The van der Waals surface area contributed by atoms with Crippen molar-refractivity contribution in [2.75, 3.05) is 20.2 Å². The zero-order valence-corrected chi connectivity index (χ0v) is 12.3. The van der Waals surface area contributed by atoms with Crippen molar-refractivity contribution in [1.82, 2.24) is 29.9 Å². The Labute approximate surface area is 126 Å². The van der Waals surface area contributed by atoms with Crippen molar-refractivity contribution in [2.24, 2.45) is 7.05 Å². The third-order valence-corrected chi connectivity index (χ3v) is 3.36. The Morgan fingerprint density at radius 3 is 2.77 bits per heavy atom. The van der Waals surface area contributed by atoms with Crippen LogP contribution in [0.4, 0.5) is 0 Å². The van der Waals surface area contributed by atoms with Crippen LogP contribution in [0.3, 0.4) is 0 Å². The molecule has 1 saturated heterocycles. The number of rotatable bonds is 4. The fraction of sp³-hybridized carbons (Fsp3) is 0.462. The molecule has 116 valence electrons. The molecule has 0 aromatic carbocycles. The van der Waals surface area contributed by atoms with E-state index in [0.29, 0.717) is 37.0 Å². The van der Waals surface area contributed by atoms with Gasteiger partial charge in [-0.2, -0.15) is 0 Å². The number of ether oxygens (including phenoxy) is 2. The lowest BCUT2D eigenvalue weighted by Crippen LogP contribution is -2.31. The van der Waals surface area contributed by atoms with Gasteiger partial charge in [-0.15, -0.1) is 5.10 Å². The van der Waals surface area contributed by atoms with E-state index in [2.05, 4.69) is 20.3 Å². The second kappa shape index (κ2) is 5.96. The minimum Gasteiger partial charge on any atom is -0.477 e. The van der Waals surface area contributed by atoms with Gasteiger partial charge in [-0.1, -0.05) is 5.21 Å². The molecule has 0 N–H and O–H groups in total. The van der Waals surface area contributed by atoms with Gasteiger partial charge in [0.1, 0.15) is 6.10 Å². The van der Waals surface area contributed by atoms with Crippen LogP contribution in [0.15, 0.2) is 18.6 Å². The highest BCUT2D eigenvalue weighted by molar-refractivity contribution is 5.92. The summed E-state index contributed by atoms with van der Waals surface area (Å²) in [5.74, 6) is 0.523. The number of aromatic nitrogens is 5. The Bertz CT molecular complexity index is 673. The van der Waals surface area contributed by atoms with Crippen LogP contribution in [-0.4, -0.2) is 62.1 Å². The lowest BCUT2D eigenvalue weighted by atomic mass is 10.3. The van der Waals surface area contributed by atoms with Crippen LogP contribution >= 0.6 is 0 Å². The lowest BCUT2D eigenvalue weighted by Gasteiger charge is -2.16. The minimum absolute atomic E-state index is 0.147. The molecule has 1 atom stereocenters. The Balaban J connectivity index is 1.64. The van der Waals surface area contributed by atoms with Crippen molar-refractivity contribution < 1.29 is 14.3 Å². The zero-order chi connectivity index (χ0) is 15.5. The van der Waals surface area contributed by atoms with Crippen molar-refractivity contribution in [2.45, 2.75) is 12.5 Å². The van der Waals surface area contributed by atoms with Gasteiger partial charge in [-0.05, 0) is 0 Å². The lowest BCUT2D eigenvalue weighted by molar-refractivity contribution is 0.0764. The van der Waals surface area contributed by atoms with Crippen LogP contribution in [0.2, 0.25) is 0 Å². The summed E-state index contributed by atoms with van der Waals surface area (Å²) in [6.45, 7) is 1.07. The summed E-state index contributed by atoms with van der Waals surface area (Å²) in [6, 6.07) is 0. The highest BCUT2D eigenvalue weighted by Gasteiger charge is 2.30. The molecule has 0 spiro atoms. The maximum absolute atomic E-state index is 12.3. The number of hydrogen-bond acceptors (Lipinski definition) is 7. The number of aryl methyl sites for hydroxylation is 1. The quantitative estimate of drug-likeness (QED) is 0.778. The molecule has 1 fully saturated rings. The van der Waals surface area contributed by atoms with Gasteiger partial charge in [0, 0.05) is 32.4 Å². The van der Waals surface area contributed by atoms with Crippen molar-refractivity contribution >= 4 is 5.91 Å².